The molecule has 2 N–H and O–H groups in total. The third kappa shape index (κ3) is 3.45. The van der Waals surface area contributed by atoms with Crippen molar-refractivity contribution >= 4 is 17.4 Å². The maximum absolute atomic E-state index is 13.4. The van der Waals surface area contributed by atoms with Crippen molar-refractivity contribution in [2.75, 3.05) is 17.4 Å². The van der Waals surface area contributed by atoms with Gasteiger partial charge < -0.3 is 5.32 Å². The van der Waals surface area contributed by atoms with E-state index in [9.17, 15) is 9.18 Å². The van der Waals surface area contributed by atoms with Crippen LogP contribution >= 0.6 is 0 Å². The van der Waals surface area contributed by atoms with E-state index >= 15 is 0 Å². The van der Waals surface area contributed by atoms with Gasteiger partial charge in [0.15, 0.2) is 0 Å². The van der Waals surface area contributed by atoms with Crippen LogP contribution in [-0.4, -0.2) is 13.1 Å². The summed E-state index contributed by atoms with van der Waals surface area (Å²) in [6.45, 7) is 0. The van der Waals surface area contributed by atoms with Crippen LogP contribution in [-0.2, 0) is 0 Å². The molecular formula is C14H14FN3O. The van der Waals surface area contributed by atoms with Crippen molar-refractivity contribution in [2.24, 2.45) is 0 Å². The summed E-state index contributed by atoms with van der Waals surface area (Å²) in [6, 6.07) is 14.8. The second kappa shape index (κ2) is 5.86. The van der Waals surface area contributed by atoms with Crippen molar-refractivity contribution in [3.05, 3.63) is 60.4 Å². The topological polar surface area (TPSA) is 44.4 Å². The van der Waals surface area contributed by atoms with E-state index in [1.54, 1.807) is 24.2 Å². The lowest BCUT2D eigenvalue weighted by atomic mass is 10.3. The van der Waals surface area contributed by atoms with Gasteiger partial charge in [0.2, 0.25) is 0 Å². The first-order chi connectivity index (χ1) is 9.16. The highest BCUT2D eigenvalue weighted by atomic mass is 19.1. The average molecular weight is 259 g/mol. The van der Waals surface area contributed by atoms with Gasteiger partial charge in [-0.15, -0.1) is 0 Å². The second-order valence-corrected chi connectivity index (χ2v) is 3.94. The zero-order chi connectivity index (χ0) is 13.7. The standard InChI is InChI=1S/C14H14FN3O/c1-18(11-7-3-2-4-8-11)17-14(19)16-13-10-6-5-9-12(13)15/h2-10H,1H3,(H2,16,17,19). The van der Waals surface area contributed by atoms with Crippen LogP contribution in [0.2, 0.25) is 0 Å². The van der Waals surface area contributed by atoms with Gasteiger partial charge in [0.25, 0.3) is 0 Å². The highest BCUT2D eigenvalue weighted by Gasteiger charge is 2.08. The molecule has 0 saturated heterocycles. The van der Waals surface area contributed by atoms with Gasteiger partial charge in [-0.3, -0.25) is 5.01 Å². The normalized spacial score (nSPS) is 9.79. The minimum Gasteiger partial charge on any atom is -0.304 e. The quantitative estimate of drug-likeness (QED) is 0.832. The predicted molar refractivity (Wildman–Crippen MR) is 73.4 cm³/mol. The molecule has 0 atom stereocenters. The minimum atomic E-state index is -0.503. The van der Waals surface area contributed by atoms with E-state index < -0.39 is 11.8 Å². The summed E-state index contributed by atoms with van der Waals surface area (Å²) in [5.74, 6) is -0.472. The molecule has 0 aliphatic heterocycles. The Bertz CT molecular complexity index is 560. The number of hydrazine groups is 1. The number of nitrogens with zero attached hydrogens (tertiary/aromatic N) is 1. The van der Waals surface area contributed by atoms with Gasteiger partial charge in [0.1, 0.15) is 5.82 Å². The number of carbonyl (C=O) groups is 1. The molecule has 0 bridgehead atoms. The minimum absolute atomic E-state index is 0.140. The molecule has 0 spiro atoms. The number of benzene rings is 2. The first-order valence-electron chi connectivity index (χ1n) is 5.78. The molecule has 0 aliphatic carbocycles. The Morgan fingerprint density at radius 1 is 1.05 bits per heavy atom. The smallest absolute Gasteiger partial charge is 0.304 e. The summed E-state index contributed by atoms with van der Waals surface area (Å²) in [4.78, 5) is 11.7. The number of halogens is 1. The van der Waals surface area contributed by atoms with Gasteiger partial charge >= 0.3 is 6.03 Å². The Morgan fingerprint density at radius 3 is 2.37 bits per heavy atom. The molecule has 2 amide bonds. The number of hydrogen-bond acceptors (Lipinski definition) is 2. The van der Waals surface area contributed by atoms with Gasteiger partial charge in [0, 0.05) is 7.05 Å². The lowest BCUT2D eigenvalue weighted by molar-refractivity contribution is 0.251. The number of hydrogen-bond donors (Lipinski definition) is 2. The molecule has 0 radical (unpaired) electrons. The molecule has 98 valence electrons. The SMILES string of the molecule is CN(NC(=O)Nc1ccccc1F)c1ccccc1. The number of rotatable bonds is 3. The van der Waals surface area contributed by atoms with Crippen LogP contribution in [0.1, 0.15) is 0 Å². The summed E-state index contributed by atoms with van der Waals surface area (Å²) < 4.78 is 13.4. The first-order valence-corrected chi connectivity index (χ1v) is 5.78. The molecule has 2 aromatic rings. The Kier molecular flexibility index (Phi) is 3.97. The Labute approximate surface area is 110 Å². The predicted octanol–water partition coefficient (Wildman–Crippen LogP) is 3.00. The fraction of sp³-hybridized carbons (Fsp3) is 0.0714. The Morgan fingerprint density at radius 2 is 1.68 bits per heavy atom. The molecule has 4 nitrogen and oxygen atoms in total. The molecule has 2 rings (SSSR count). The Balaban J connectivity index is 1.97. The molecule has 0 aromatic heterocycles. The van der Waals surface area contributed by atoms with Crippen molar-refractivity contribution in [3.63, 3.8) is 0 Å². The maximum atomic E-state index is 13.4. The third-order valence-corrected chi connectivity index (χ3v) is 2.53. The molecule has 19 heavy (non-hydrogen) atoms. The molecule has 0 fully saturated rings. The molecule has 0 unspecified atom stereocenters. The lowest BCUT2D eigenvalue weighted by Gasteiger charge is -2.20. The van der Waals surface area contributed by atoms with Gasteiger partial charge in [-0.05, 0) is 24.3 Å². The van der Waals surface area contributed by atoms with Crippen molar-refractivity contribution < 1.29 is 9.18 Å². The zero-order valence-electron chi connectivity index (χ0n) is 10.4. The van der Waals surface area contributed by atoms with Crippen LogP contribution in [0.5, 0.6) is 0 Å². The number of para-hydroxylation sites is 2. The van der Waals surface area contributed by atoms with Crippen molar-refractivity contribution in [1.29, 1.82) is 0 Å². The van der Waals surface area contributed by atoms with E-state index in [0.29, 0.717) is 0 Å². The van der Waals surface area contributed by atoms with E-state index in [2.05, 4.69) is 10.7 Å². The van der Waals surface area contributed by atoms with Crippen LogP contribution in [0.4, 0.5) is 20.6 Å². The molecular weight excluding hydrogens is 245 g/mol. The van der Waals surface area contributed by atoms with Gasteiger partial charge in [-0.25, -0.2) is 14.6 Å². The third-order valence-electron chi connectivity index (χ3n) is 2.53. The van der Waals surface area contributed by atoms with Crippen LogP contribution in [0.25, 0.3) is 0 Å². The number of urea groups is 1. The average Bonchev–Trinajstić information content (AvgIpc) is 2.42. The number of anilines is 2. The van der Waals surface area contributed by atoms with E-state index in [1.807, 2.05) is 30.3 Å². The van der Waals surface area contributed by atoms with Crippen LogP contribution < -0.4 is 15.8 Å². The van der Waals surface area contributed by atoms with E-state index in [-0.39, 0.29) is 5.69 Å². The summed E-state index contributed by atoms with van der Waals surface area (Å²) in [6.07, 6.45) is 0. The number of amides is 2. The van der Waals surface area contributed by atoms with Crippen molar-refractivity contribution in [1.82, 2.24) is 5.43 Å². The van der Waals surface area contributed by atoms with Crippen molar-refractivity contribution in [3.8, 4) is 0 Å². The number of nitrogens with one attached hydrogen (secondary N) is 2. The molecule has 5 heteroatoms. The van der Waals surface area contributed by atoms with Crippen LogP contribution in [0, 0.1) is 5.82 Å². The zero-order valence-corrected chi connectivity index (χ0v) is 10.4. The highest BCUT2D eigenvalue weighted by molar-refractivity contribution is 5.90. The summed E-state index contributed by atoms with van der Waals surface area (Å²) >= 11 is 0. The van der Waals surface area contributed by atoms with E-state index in [4.69, 9.17) is 0 Å². The summed E-state index contributed by atoms with van der Waals surface area (Å²) in [7, 11) is 1.70. The first kappa shape index (κ1) is 12.9. The van der Waals surface area contributed by atoms with Gasteiger partial charge in [-0.2, -0.15) is 0 Å². The fourth-order valence-corrected chi connectivity index (χ4v) is 1.58. The monoisotopic (exact) mass is 259 g/mol. The van der Waals surface area contributed by atoms with E-state index in [1.165, 1.54) is 12.1 Å². The Hall–Kier alpha value is -2.56. The van der Waals surface area contributed by atoms with Gasteiger partial charge in [0.05, 0.1) is 11.4 Å². The largest absolute Gasteiger partial charge is 0.338 e. The summed E-state index contributed by atoms with van der Waals surface area (Å²) in [5.41, 5.74) is 3.55. The molecule has 0 aliphatic rings. The molecule has 2 aromatic carbocycles. The number of carbonyl (C=O) groups excluding carboxylic acids is 1. The second-order valence-electron chi connectivity index (χ2n) is 3.94. The summed E-state index contributed by atoms with van der Waals surface area (Å²) in [5, 5.41) is 4.00. The lowest BCUT2D eigenvalue weighted by Crippen LogP contribution is -2.42. The van der Waals surface area contributed by atoms with Gasteiger partial charge in [-0.1, -0.05) is 30.3 Å². The molecule has 0 saturated carbocycles. The highest BCUT2D eigenvalue weighted by Crippen LogP contribution is 2.12. The fourth-order valence-electron chi connectivity index (χ4n) is 1.58. The van der Waals surface area contributed by atoms with Crippen molar-refractivity contribution in [2.45, 2.75) is 0 Å². The van der Waals surface area contributed by atoms with Crippen LogP contribution in [0.15, 0.2) is 54.6 Å². The van der Waals surface area contributed by atoms with E-state index in [0.717, 1.165) is 5.69 Å². The maximum Gasteiger partial charge on any atom is 0.338 e. The molecule has 0 heterocycles. The van der Waals surface area contributed by atoms with Crippen LogP contribution in [0.3, 0.4) is 0 Å².